The molecule has 0 radical (unpaired) electrons. The number of thioether (sulfide) groups is 1. The third-order valence-electron chi connectivity index (χ3n) is 4.67. The van der Waals surface area contributed by atoms with Crippen molar-refractivity contribution in [2.45, 2.75) is 45.0 Å². The average Bonchev–Trinajstić information content (AvgIpc) is 3.18. The highest BCUT2D eigenvalue weighted by molar-refractivity contribution is 9.10. The third kappa shape index (κ3) is 5.86. The van der Waals surface area contributed by atoms with Gasteiger partial charge in [-0.3, -0.25) is 4.79 Å². The van der Waals surface area contributed by atoms with E-state index in [-0.39, 0.29) is 22.0 Å². The standard InChI is InChI=1S/C22H23BrF2N4O2S/c1-4-14-6-8-16(9-7-14)31-13(3)21-27-28-22(29(21)5-2)32-12-19(30)26-20-17(23)10-15(24)11-18(20)25/h6-11,13H,4-5,12H2,1-3H3,(H,26,30)/t13-/m1/s1. The lowest BCUT2D eigenvalue weighted by Gasteiger charge is -2.16. The molecule has 0 aliphatic rings. The largest absolute Gasteiger partial charge is 0.483 e. The first kappa shape index (κ1) is 24.2. The average molecular weight is 525 g/mol. The highest BCUT2D eigenvalue weighted by atomic mass is 79.9. The first-order chi connectivity index (χ1) is 15.3. The fourth-order valence-corrected chi connectivity index (χ4v) is 4.35. The minimum Gasteiger partial charge on any atom is -0.483 e. The molecule has 3 rings (SSSR count). The van der Waals surface area contributed by atoms with Gasteiger partial charge in [-0.25, -0.2) is 8.78 Å². The van der Waals surface area contributed by atoms with Crippen LogP contribution >= 0.6 is 27.7 Å². The fraction of sp³-hybridized carbons (Fsp3) is 0.318. The molecular weight excluding hydrogens is 502 g/mol. The maximum absolute atomic E-state index is 13.9. The van der Waals surface area contributed by atoms with E-state index in [0.29, 0.717) is 23.6 Å². The van der Waals surface area contributed by atoms with Crippen LogP contribution in [0.3, 0.4) is 0 Å². The van der Waals surface area contributed by atoms with Gasteiger partial charge in [0.25, 0.3) is 0 Å². The van der Waals surface area contributed by atoms with Crippen LogP contribution in [-0.4, -0.2) is 26.4 Å². The Kier molecular flexibility index (Phi) is 8.25. The van der Waals surface area contributed by atoms with E-state index in [0.717, 1.165) is 18.2 Å². The number of anilines is 1. The summed E-state index contributed by atoms with van der Waals surface area (Å²) in [6, 6.07) is 9.70. The summed E-state index contributed by atoms with van der Waals surface area (Å²) >= 11 is 4.23. The Morgan fingerprint density at radius 2 is 1.94 bits per heavy atom. The van der Waals surface area contributed by atoms with Crippen molar-refractivity contribution < 1.29 is 18.3 Å². The Labute approximate surface area is 197 Å². The van der Waals surface area contributed by atoms with E-state index in [9.17, 15) is 13.6 Å². The van der Waals surface area contributed by atoms with Gasteiger partial charge in [-0.2, -0.15) is 0 Å². The molecule has 0 bridgehead atoms. The topological polar surface area (TPSA) is 69.0 Å². The van der Waals surface area contributed by atoms with Crippen LogP contribution in [0.2, 0.25) is 0 Å². The summed E-state index contributed by atoms with van der Waals surface area (Å²) in [5.74, 6) is -0.679. The lowest BCUT2D eigenvalue weighted by molar-refractivity contribution is -0.113. The lowest BCUT2D eigenvalue weighted by Crippen LogP contribution is -2.16. The van der Waals surface area contributed by atoms with Crippen LogP contribution in [0, 0.1) is 11.6 Å². The second kappa shape index (κ2) is 10.9. The van der Waals surface area contributed by atoms with E-state index in [1.165, 1.54) is 17.3 Å². The highest BCUT2D eigenvalue weighted by Crippen LogP contribution is 2.28. The van der Waals surface area contributed by atoms with Gasteiger partial charge in [-0.05, 0) is 60.0 Å². The van der Waals surface area contributed by atoms with E-state index in [1.807, 2.05) is 42.7 Å². The van der Waals surface area contributed by atoms with Crippen LogP contribution in [-0.2, 0) is 17.8 Å². The van der Waals surface area contributed by atoms with Gasteiger partial charge in [-0.1, -0.05) is 30.8 Å². The molecule has 0 aliphatic heterocycles. The van der Waals surface area contributed by atoms with Gasteiger partial charge < -0.3 is 14.6 Å². The van der Waals surface area contributed by atoms with Gasteiger partial charge >= 0.3 is 0 Å². The molecule has 1 N–H and O–H groups in total. The summed E-state index contributed by atoms with van der Waals surface area (Å²) in [6.07, 6.45) is 0.612. The number of rotatable bonds is 9. The Hall–Kier alpha value is -2.46. The molecule has 0 saturated carbocycles. The van der Waals surface area contributed by atoms with E-state index >= 15 is 0 Å². The molecule has 1 heterocycles. The number of carbonyl (C=O) groups is 1. The zero-order valence-corrected chi connectivity index (χ0v) is 20.3. The van der Waals surface area contributed by atoms with Crippen molar-refractivity contribution in [1.82, 2.24) is 14.8 Å². The van der Waals surface area contributed by atoms with Crippen molar-refractivity contribution in [3.63, 3.8) is 0 Å². The molecule has 3 aromatic rings. The number of carbonyl (C=O) groups excluding carboxylic acids is 1. The summed E-state index contributed by atoms with van der Waals surface area (Å²) in [5.41, 5.74) is 1.12. The second-order valence-corrected chi connectivity index (χ2v) is 8.72. The second-order valence-electron chi connectivity index (χ2n) is 6.92. The maximum atomic E-state index is 13.9. The molecule has 6 nitrogen and oxygen atoms in total. The van der Waals surface area contributed by atoms with E-state index in [1.54, 1.807) is 0 Å². The van der Waals surface area contributed by atoms with Crippen LogP contribution in [0.5, 0.6) is 5.75 Å². The number of halogens is 3. The molecule has 0 unspecified atom stereocenters. The third-order valence-corrected chi connectivity index (χ3v) is 6.27. The Morgan fingerprint density at radius 1 is 1.22 bits per heavy atom. The van der Waals surface area contributed by atoms with Crippen molar-refractivity contribution >= 4 is 39.3 Å². The lowest BCUT2D eigenvalue weighted by atomic mass is 10.2. The first-order valence-electron chi connectivity index (χ1n) is 10.1. The number of nitrogens with one attached hydrogen (secondary N) is 1. The summed E-state index contributed by atoms with van der Waals surface area (Å²) < 4.78 is 35.2. The van der Waals surface area contributed by atoms with Crippen molar-refractivity contribution in [1.29, 1.82) is 0 Å². The van der Waals surface area contributed by atoms with Gasteiger partial charge in [0.1, 0.15) is 11.6 Å². The number of aromatic nitrogens is 3. The predicted octanol–water partition coefficient (Wildman–Crippen LogP) is 5.77. The van der Waals surface area contributed by atoms with Crippen LogP contribution in [0.15, 0.2) is 46.0 Å². The van der Waals surface area contributed by atoms with Crippen LogP contribution in [0.1, 0.15) is 38.3 Å². The quantitative estimate of drug-likeness (QED) is 0.359. The molecule has 10 heteroatoms. The van der Waals surface area contributed by atoms with Crippen molar-refractivity contribution in [2.24, 2.45) is 0 Å². The van der Waals surface area contributed by atoms with Gasteiger partial charge in [-0.15, -0.1) is 10.2 Å². The first-order valence-corrected chi connectivity index (χ1v) is 11.9. The van der Waals surface area contributed by atoms with E-state index in [2.05, 4.69) is 38.4 Å². The molecule has 0 fully saturated rings. The normalized spacial score (nSPS) is 11.9. The number of hydrogen-bond acceptors (Lipinski definition) is 5. The molecule has 1 atom stereocenters. The Bertz CT molecular complexity index is 1070. The van der Waals surface area contributed by atoms with Gasteiger partial charge in [0.2, 0.25) is 5.91 Å². The number of nitrogens with zero attached hydrogens (tertiary/aromatic N) is 3. The van der Waals surface area contributed by atoms with E-state index < -0.39 is 17.5 Å². The Balaban J connectivity index is 1.64. The highest BCUT2D eigenvalue weighted by Gasteiger charge is 2.20. The smallest absolute Gasteiger partial charge is 0.234 e. The molecule has 1 amide bonds. The summed E-state index contributed by atoms with van der Waals surface area (Å²) in [6.45, 7) is 6.52. The fourth-order valence-electron chi connectivity index (χ4n) is 3.03. The summed E-state index contributed by atoms with van der Waals surface area (Å²) in [4.78, 5) is 12.3. The summed E-state index contributed by atoms with van der Waals surface area (Å²) in [7, 11) is 0. The monoisotopic (exact) mass is 524 g/mol. The van der Waals surface area contributed by atoms with Crippen molar-refractivity contribution in [3.8, 4) is 5.75 Å². The molecule has 170 valence electrons. The number of benzene rings is 2. The van der Waals surface area contributed by atoms with E-state index in [4.69, 9.17) is 4.74 Å². The Morgan fingerprint density at radius 3 is 2.56 bits per heavy atom. The number of hydrogen-bond donors (Lipinski definition) is 1. The van der Waals surface area contributed by atoms with Gasteiger partial charge in [0.05, 0.1) is 11.4 Å². The molecule has 32 heavy (non-hydrogen) atoms. The number of aryl methyl sites for hydroxylation is 1. The number of amides is 1. The van der Waals surface area contributed by atoms with Crippen molar-refractivity contribution in [2.75, 3.05) is 11.1 Å². The molecule has 0 aliphatic carbocycles. The molecule has 0 spiro atoms. The minimum atomic E-state index is -0.854. The zero-order chi connectivity index (χ0) is 23.3. The van der Waals surface area contributed by atoms with Crippen LogP contribution in [0.4, 0.5) is 14.5 Å². The predicted molar refractivity (Wildman–Crippen MR) is 124 cm³/mol. The molecule has 0 saturated heterocycles. The van der Waals surface area contributed by atoms with Crippen LogP contribution < -0.4 is 10.1 Å². The zero-order valence-electron chi connectivity index (χ0n) is 17.9. The van der Waals surface area contributed by atoms with Gasteiger partial charge in [0, 0.05) is 17.1 Å². The van der Waals surface area contributed by atoms with Crippen LogP contribution in [0.25, 0.3) is 0 Å². The molecule has 2 aromatic carbocycles. The SMILES string of the molecule is CCc1ccc(O[C@H](C)c2nnc(SCC(=O)Nc3c(F)cc(F)cc3Br)n2CC)cc1. The minimum absolute atomic E-state index is 0.0187. The summed E-state index contributed by atoms with van der Waals surface area (Å²) in [5, 5.41) is 11.4. The molecular formula is C22H23BrF2N4O2S. The molecule has 1 aromatic heterocycles. The van der Waals surface area contributed by atoms with Gasteiger partial charge in [0.15, 0.2) is 22.9 Å². The van der Waals surface area contributed by atoms with Crippen molar-refractivity contribution in [3.05, 3.63) is 63.9 Å². The maximum Gasteiger partial charge on any atom is 0.234 e. The number of ether oxygens (including phenoxy) is 1.